The second kappa shape index (κ2) is 6.85. The lowest BCUT2D eigenvalue weighted by Gasteiger charge is -2.13. The van der Waals surface area contributed by atoms with Crippen molar-refractivity contribution in [1.29, 1.82) is 5.26 Å². The number of benzene rings is 2. The van der Waals surface area contributed by atoms with Gasteiger partial charge in [-0.25, -0.2) is 5.43 Å². The molecular formula is C15H12BrN3O. The third-order valence-corrected chi connectivity index (χ3v) is 3.23. The molecule has 1 amide bonds. The fraction of sp³-hybridized carbons (Fsp3) is 0.0667. The van der Waals surface area contributed by atoms with E-state index in [9.17, 15) is 4.79 Å². The highest BCUT2D eigenvalue weighted by Gasteiger charge is 2.11. The first-order valence-electron chi connectivity index (χ1n) is 5.96. The summed E-state index contributed by atoms with van der Waals surface area (Å²) in [5.74, 6) is -0.275. The molecule has 0 saturated carbocycles. The van der Waals surface area contributed by atoms with Crippen LogP contribution in [0.5, 0.6) is 0 Å². The molecule has 100 valence electrons. The third-order valence-electron chi connectivity index (χ3n) is 2.70. The number of hydrazine groups is 1. The van der Waals surface area contributed by atoms with Crippen LogP contribution in [0.4, 0.5) is 0 Å². The van der Waals surface area contributed by atoms with Gasteiger partial charge in [0.1, 0.15) is 6.04 Å². The first-order valence-corrected chi connectivity index (χ1v) is 6.76. The predicted molar refractivity (Wildman–Crippen MR) is 79.5 cm³/mol. The summed E-state index contributed by atoms with van der Waals surface area (Å²) in [4.78, 5) is 11.9. The van der Waals surface area contributed by atoms with E-state index >= 15 is 0 Å². The van der Waals surface area contributed by atoms with Crippen molar-refractivity contribution in [2.24, 2.45) is 0 Å². The van der Waals surface area contributed by atoms with Gasteiger partial charge in [-0.2, -0.15) is 5.26 Å². The molecule has 0 aliphatic heterocycles. The maximum atomic E-state index is 11.9. The second-order valence-corrected chi connectivity index (χ2v) is 4.99. The number of carbonyl (C=O) groups is 1. The van der Waals surface area contributed by atoms with Crippen molar-refractivity contribution in [3.63, 3.8) is 0 Å². The molecule has 20 heavy (non-hydrogen) atoms. The lowest BCUT2D eigenvalue weighted by molar-refractivity contribution is 0.0929. The Hall–Kier alpha value is -2.16. The Morgan fingerprint density at radius 3 is 2.35 bits per heavy atom. The van der Waals surface area contributed by atoms with Crippen LogP contribution >= 0.6 is 15.9 Å². The number of hydrogen-bond donors (Lipinski definition) is 2. The fourth-order valence-electron chi connectivity index (χ4n) is 1.64. The monoisotopic (exact) mass is 329 g/mol. The van der Waals surface area contributed by atoms with Crippen molar-refractivity contribution >= 4 is 21.8 Å². The SMILES string of the molecule is N#C[C@H](NNC(=O)c1ccccc1)c1ccc(Br)cc1. The molecule has 0 saturated heterocycles. The van der Waals surface area contributed by atoms with Crippen LogP contribution in [-0.2, 0) is 0 Å². The Balaban J connectivity index is 2.00. The van der Waals surface area contributed by atoms with Crippen molar-refractivity contribution < 1.29 is 4.79 Å². The van der Waals surface area contributed by atoms with E-state index in [1.165, 1.54) is 0 Å². The molecule has 0 radical (unpaired) electrons. The summed E-state index contributed by atoms with van der Waals surface area (Å²) in [6, 6.07) is 17.7. The minimum Gasteiger partial charge on any atom is -0.286 e. The van der Waals surface area contributed by atoms with E-state index in [0.717, 1.165) is 10.0 Å². The first kappa shape index (κ1) is 14.3. The lowest BCUT2D eigenvalue weighted by Crippen LogP contribution is -2.39. The summed E-state index contributed by atoms with van der Waals surface area (Å²) in [7, 11) is 0. The Bertz CT molecular complexity index is 620. The number of rotatable bonds is 4. The summed E-state index contributed by atoms with van der Waals surface area (Å²) in [6.45, 7) is 0. The van der Waals surface area contributed by atoms with Gasteiger partial charge >= 0.3 is 0 Å². The van der Waals surface area contributed by atoms with Crippen LogP contribution in [0.3, 0.4) is 0 Å². The molecule has 1 atom stereocenters. The van der Waals surface area contributed by atoms with Crippen LogP contribution < -0.4 is 10.9 Å². The summed E-state index contributed by atoms with van der Waals surface area (Å²) in [6.07, 6.45) is 0. The number of carbonyl (C=O) groups excluding carboxylic acids is 1. The van der Waals surface area contributed by atoms with Crippen LogP contribution in [0.2, 0.25) is 0 Å². The first-order chi connectivity index (χ1) is 9.70. The van der Waals surface area contributed by atoms with Gasteiger partial charge in [-0.1, -0.05) is 46.3 Å². The quantitative estimate of drug-likeness (QED) is 0.847. The predicted octanol–water partition coefficient (Wildman–Crippen LogP) is 2.95. The molecule has 4 nitrogen and oxygen atoms in total. The summed E-state index contributed by atoms with van der Waals surface area (Å²) in [5, 5.41) is 9.16. The largest absolute Gasteiger partial charge is 0.286 e. The molecule has 5 heteroatoms. The van der Waals surface area contributed by atoms with Crippen molar-refractivity contribution in [3.05, 3.63) is 70.2 Å². The topological polar surface area (TPSA) is 64.9 Å². The zero-order valence-electron chi connectivity index (χ0n) is 10.5. The Kier molecular flexibility index (Phi) is 4.88. The van der Waals surface area contributed by atoms with Gasteiger partial charge in [0.2, 0.25) is 0 Å². The summed E-state index contributed by atoms with van der Waals surface area (Å²) in [5.41, 5.74) is 6.58. The molecule has 0 aliphatic rings. The maximum Gasteiger partial charge on any atom is 0.265 e. The normalized spacial score (nSPS) is 11.4. The third kappa shape index (κ3) is 3.67. The maximum absolute atomic E-state index is 11.9. The molecule has 0 bridgehead atoms. The minimum atomic E-state index is -0.601. The van der Waals surface area contributed by atoms with Gasteiger partial charge in [0.05, 0.1) is 6.07 Å². The molecule has 0 spiro atoms. The Labute approximate surface area is 125 Å². The molecule has 2 aromatic rings. The van der Waals surface area contributed by atoms with Crippen molar-refractivity contribution in [2.45, 2.75) is 6.04 Å². The van der Waals surface area contributed by atoms with Crippen molar-refractivity contribution in [2.75, 3.05) is 0 Å². The van der Waals surface area contributed by atoms with Crippen LogP contribution in [0.25, 0.3) is 0 Å². The number of halogens is 1. The standard InChI is InChI=1S/C15H12BrN3O/c16-13-8-6-11(7-9-13)14(10-17)18-19-15(20)12-4-2-1-3-5-12/h1-9,14,18H,(H,19,20)/t14-/m0/s1. The van der Waals surface area contributed by atoms with Crippen molar-refractivity contribution in [3.8, 4) is 6.07 Å². The van der Waals surface area contributed by atoms with Crippen molar-refractivity contribution in [1.82, 2.24) is 10.9 Å². The smallest absolute Gasteiger partial charge is 0.265 e. The molecule has 0 aliphatic carbocycles. The number of nitrogens with zero attached hydrogens (tertiary/aromatic N) is 1. The molecule has 0 aromatic heterocycles. The van der Waals surface area contributed by atoms with Gasteiger partial charge in [0.15, 0.2) is 0 Å². The second-order valence-electron chi connectivity index (χ2n) is 4.08. The van der Waals surface area contributed by atoms with Gasteiger partial charge in [-0.05, 0) is 29.8 Å². The summed E-state index contributed by atoms with van der Waals surface area (Å²) < 4.78 is 0.936. The van der Waals surface area contributed by atoms with E-state index in [4.69, 9.17) is 5.26 Å². The average Bonchev–Trinajstić information content (AvgIpc) is 2.50. The number of hydrogen-bond acceptors (Lipinski definition) is 3. The lowest BCUT2D eigenvalue weighted by atomic mass is 10.1. The van der Waals surface area contributed by atoms with E-state index in [2.05, 4.69) is 32.9 Å². The average molecular weight is 330 g/mol. The minimum absolute atomic E-state index is 0.275. The highest BCUT2D eigenvalue weighted by atomic mass is 79.9. The van der Waals surface area contributed by atoms with Crippen LogP contribution in [0.15, 0.2) is 59.1 Å². The van der Waals surface area contributed by atoms with Gasteiger partial charge in [-0.3, -0.25) is 10.2 Å². The molecule has 0 fully saturated rings. The van der Waals surface area contributed by atoms with E-state index < -0.39 is 6.04 Å². The number of nitrogens with one attached hydrogen (secondary N) is 2. The van der Waals surface area contributed by atoms with E-state index in [1.807, 2.05) is 30.3 Å². The molecule has 2 N–H and O–H groups in total. The van der Waals surface area contributed by atoms with E-state index in [0.29, 0.717) is 5.56 Å². The highest BCUT2D eigenvalue weighted by molar-refractivity contribution is 9.10. The van der Waals surface area contributed by atoms with Crippen LogP contribution in [0.1, 0.15) is 22.0 Å². The van der Waals surface area contributed by atoms with E-state index in [1.54, 1.807) is 24.3 Å². The van der Waals surface area contributed by atoms with Gasteiger partial charge in [0, 0.05) is 10.0 Å². The number of amides is 1. The highest BCUT2D eigenvalue weighted by Crippen LogP contribution is 2.15. The molecule has 0 unspecified atom stereocenters. The van der Waals surface area contributed by atoms with Gasteiger partial charge < -0.3 is 0 Å². The number of nitriles is 1. The summed E-state index contributed by atoms with van der Waals surface area (Å²) >= 11 is 3.34. The van der Waals surface area contributed by atoms with Crippen LogP contribution in [-0.4, -0.2) is 5.91 Å². The zero-order chi connectivity index (χ0) is 14.4. The zero-order valence-corrected chi connectivity index (χ0v) is 12.1. The van der Waals surface area contributed by atoms with Gasteiger partial charge in [-0.15, -0.1) is 0 Å². The fourth-order valence-corrected chi connectivity index (χ4v) is 1.91. The van der Waals surface area contributed by atoms with E-state index in [-0.39, 0.29) is 5.91 Å². The molecule has 0 heterocycles. The Morgan fingerprint density at radius 2 is 1.75 bits per heavy atom. The molecule has 2 rings (SSSR count). The molecular weight excluding hydrogens is 318 g/mol. The molecule has 2 aromatic carbocycles. The van der Waals surface area contributed by atoms with Gasteiger partial charge in [0.25, 0.3) is 5.91 Å². The Morgan fingerprint density at radius 1 is 1.10 bits per heavy atom. The van der Waals surface area contributed by atoms with Crippen LogP contribution in [0, 0.1) is 11.3 Å².